The van der Waals surface area contributed by atoms with Crippen molar-refractivity contribution in [3.63, 3.8) is 0 Å². The van der Waals surface area contributed by atoms with E-state index >= 15 is 0 Å². The van der Waals surface area contributed by atoms with Crippen LogP contribution in [0.5, 0.6) is 5.88 Å². The standard InChI is InChI=1S/C16H13FN4O5S/c17-13-2-1-11(7-12(13)16(22)23)27(24,25)21-6-3-10(9-21)26-15-14(8-18)19-4-5-20-15/h1-2,4-5,7,10H,3,6,9H2,(H,22,23)/t10-/m1/s1. The van der Waals surface area contributed by atoms with Crippen LogP contribution in [0.3, 0.4) is 0 Å². The van der Waals surface area contributed by atoms with Gasteiger partial charge < -0.3 is 9.84 Å². The van der Waals surface area contributed by atoms with E-state index < -0.39 is 33.5 Å². The number of carboxylic acid groups (broad SMARTS) is 1. The molecular formula is C16H13FN4O5S. The number of hydrogen-bond acceptors (Lipinski definition) is 7. The third kappa shape index (κ3) is 3.71. The number of aromatic nitrogens is 2. The molecule has 1 N–H and O–H groups in total. The highest BCUT2D eigenvalue weighted by molar-refractivity contribution is 7.89. The Morgan fingerprint density at radius 3 is 2.81 bits per heavy atom. The summed E-state index contributed by atoms with van der Waals surface area (Å²) in [5.74, 6) is -2.56. The normalized spacial score (nSPS) is 17.4. The molecule has 1 saturated heterocycles. The van der Waals surface area contributed by atoms with Crippen molar-refractivity contribution in [3.05, 3.63) is 47.7 Å². The molecule has 1 aromatic heterocycles. The Balaban J connectivity index is 1.79. The van der Waals surface area contributed by atoms with E-state index in [4.69, 9.17) is 15.1 Å². The zero-order chi connectivity index (χ0) is 19.6. The van der Waals surface area contributed by atoms with E-state index in [1.165, 1.54) is 12.4 Å². The number of sulfonamides is 1. The summed E-state index contributed by atoms with van der Waals surface area (Å²) >= 11 is 0. The monoisotopic (exact) mass is 392 g/mol. The highest BCUT2D eigenvalue weighted by Gasteiger charge is 2.35. The second kappa shape index (κ2) is 7.26. The Labute approximate surface area is 153 Å². The average Bonchev–Trinajstić information content (AvgIpc) is 3.11. The zero-order valence-corrected chi connectivity index (χ0v) is 14.6. The lowest BCUT2D eigenvalue weighted by Gasteiger charge is -2.17. The van der Waals surface area contributed by atoms with E-state index in [9.17, 15) is 17.6 Å². The Morgan fingerprint density at radius 2 is 2.11 bits per heavy atom. The van der Waals surface area contributed by atoms with Crippen molar-refractivity contribution in [3.8, 4) is 11.9 Å². The van der Waals surface area contributed by atoms with E-state index in [0.29, 0.717) is 6.42 Å². The number of carboxylic acids is 1. The van der Waals surface area contributed by atoms with Crippen LogP contribution in [0.1, 0.15) is 22.5 Å². The second-order valence-electron chi connectivity index (χ2n) is 5.66. The van der Waals surface area contributed by atoms with Crippen molar-refractivity contribution in [1.29, 1.82) is 5.26 Å². The van der Waals surface area contributed by atoms with Crippen LogP contribution in [-0.2, 0) is 10.0 Å². The predicted octanol–water partition coefficient (Wildman–Crippen LogP) is 1.03. The number of aromatic carboxylic acids is 1. The van der Waals surface area contributed by atoms with Gasteiger partial charge in [-0.15, -0.1) is 0 Å². The first-order valence-electron chi connectivity index (χ1n) is 7.73. The van der Waals surface area contributed by atoms with Crippen molar-refractivity contribution in [2.75, 3.05) is 13.1 Å². The van der Waals surface area contributed by atoms with Crippen LogP contribution in [0.2, 0.25) is 0 Å². The first-order chi connectivity index (χ1) is 12.8. The molecule has 1 fully saturated rings. The fourth-order valence-corrected chi connectivity index (χ4v) is 4.15. The van der Waals surface area contributed by atoms with E-state index in [0.717, 1.165) is 22.5 Å². The summed E-state index contributed by atoms with van der Waals surface area (Å²) in [5, 5.41) is 18.0. The van der Waals surface area contributed by atoms with Crippen molar-refractivity contribution in [2.45, 2.75) is 17.4 Å². The Morgan fingerprint density at radius 1 is 1.37 bits per heavy atom. The number of nitrogens with zero attached hydrogens (tertiary/aromatic N) is 4. The molecule has 1 aliphatic heterocycles. The molecule has 0 bridgehead atoms. The number of rotatable bonds is 5. The first kappa shape index (κ1) is 18.7. The van der Waals surface area contributed by atoms with Crippen LogP contribution in [0.4, 0.5) is 4.39 Å². The summed E-state index contributed by atoms with van der Waals surface area (Å²) in [7, 11) is -4.03. The largest absolute Gasteiger partial charge is 0.478 e. The van der Waals surface area contributed by atoms with E-state index in [2.05, 4.69) is 9.97 Å². The van der Waals surface area contributed by atoms with Gasteiger partial charge in [0.15, 0.2) is 0 Å². The predicted molar refractivity (Wildman–Crippen MR) is 87.9 cm³/mol. The highest BCUT2D eigenvalue weighted by atomic mass is 32.2. The minimum Gasteiger partial charge on any atom is -0.478 e. The van der Waals surface area contributed by atoms with Crippen LogP contribution in [0.25, 0.3) is 0 Å². The van der Waals surface area contributed by atoms with Crippen molar-refractivity contribution < 1.29 is 27.4 Å². The maximum Gasteiger partial charge on any atom is 0.338 e. The van der Waals surface area contributed by atoms with Gasteiger partial charge in [0.25, 0.3) is 5.88 Å². The summed E-state index contributed by atoms with van der Waals surface area (Å²) in [6, 6.07) is 4.45. The van der Waals surface area contributed by atoms with E-state index in [-0.39, 0.29) is 29.6 Å². The molecule has 0 saturated carbocycles. The van der Waals surface area contributed by atoms with Crippen molar-refractivity contribution in [2.24, 2.45) is 0 Å². The average molecular weight is 392 g/mol. The van der Waals surface area contributed by atoms with Crippen molar-refractivity contribution >= 4 is 16.0 Å². The van der Waals surface area contributed by atoms with Gasteiger partial charge in [0.2, 0.25) is 15.7 Å². The molecule has 9 nitrogen and oxygen atoms in total. The summed E-state index contributed by atoms with van der Waals surface area (Å²) in [4.78, 5) is 18.4. The molecule has 1 atom stereocenters. The molecule has 3 rings (SSSR count). The maximum atomic E-state index is 13.5. The lowest BCUT2D eigenvalue weighted by atomic mass is 10.2. The summed E-state index contributed by atoms with van der Waals surface area (Å²) in [6.07, 6.45) is 2.48. The zero-order valence-electron chi connectivity index (χ0n) is 13.7. The smallest absolute Gasteiger partial charge is 0.338 e. The first-order valence-corrected chi connectivity index (χ1v) is 9.17. The van der Waals surface area contributed by atoms with Crippen LogP contribution < -0.4 is 4.74 Å². The second-order valence-corrected chi connectivity index (χ2v) is 7.60. The molecule has 140 valence electrons. The van der Waals surface area contributed by atoms with Gasteiger partial charge in [0.05, 0.1) is 17.0 Å². The van der Waals surface area contributed by atoms with Gasteiger partial charge in [-0.25, -0.2) is 27.6 Å². The molecule has 11 heteroatoms. The Hall–Kier alpha value is -3.10. The number of carbonyl (C=O) groups is 1. The van der Waals surface area contributed by atoms with Gasteiger partial charge in [-0.05, 0) is 24.6 Å². The number of nitriles is 1. The Kier molecular flexibility index (Phi) is 5.02. The molecule has 0 radical (unpaired) electrons. The van der Waals surface area contributed by atoms with Gasteiger partial charge >= 0.3 is 5.97 Å². The van der Waals surface area contributed by atoms with Gasteiger partial charge in [0.1, 0.15) is 18.0 Å². The van der Waals surface area contributed by atoms with Crippen LogP contribution in [0.15, 0.2) is 35.5 Å². The highest BCUT2D eigenvalue weighted by Crippen LogP contribution is 2.25. The number of benzene rings is 1. The van der Waals surface area contributed by atoms with Crippen LogP contribution >= 0.6 is 0 Å². The molecule has 0 amide bonds. The summed E-state index contributed by atoms with van der Waals surface area (Å²) < 4.78 is 45.6. The van der Waals surface area contributed by atoms with Crippen molar-refractivity contribution in [1.82, 2.24) is 14.3 Å². The number of hydrogen-bond donors (Lipinski definition) is 1. The van der Waals surface area contributed by atoms with Gasteiger partial charge in [-0.3, -0.25) is 0 Å². The molecular weight excluding hydrogens is 379 g/mol. The summed E-state index contributed by atoms with van der Waals surface area (Å²) in [5.41, 5.74) is -0.732. The fourth-order valence-electron chi connectivity index (χ4n) is 2.64. The molecule has 1 aromatic carbocycles. The molecule has 27 heavy (non-hydrogen) atoms. The van der Waals surface area contributed by atoms with Crippen LogP contribution in [0, 0.1) is 17.1 Å². The SMILES string of the molecule is N#Cc1nccnc1O[C@@H]1CCN(S(=O)(=O)c2ccc(F)c(C(=O)O)c2)C1. The van der Waals surface area contributed by atoms with E-state index in [1.807, 2.05) is 6.07 Å². The molecule has 1 aliphatic rings. The molecule has 2 aromatic rings. The van der Waals surface area contributed by atoms with Crippen LogP contribution in [-0.4, -0.2) is 53.0 Å². The fraction of sp³-hybridized carbons (Fsp3) is 0.250. The van der Waals surface area contributed by atoms with Gasteiger partial charge in [-0.2, -0.15) is 9.57 Å². The molecule has 0 spiro atoms. The minimum absolute atomic E-state index is 0.0107. The topological polar surface area (TPSA) is 133 Å². The third-order valence-corrected chi connectivity index (χ3v) is 5.82. The number of ether oxygens (including phenoxy) is 1. The summed E-state index contributed by atoms with van der Waals surface area (Å²) in [6.45, 7) is 0.0957. The lowest BCUT2D eigenvalue weighted by Crippen LogP contribution is -2.31. The van der Waals surface area contributed by atoms with E-state index in [1.54, 1.807) is 0 Å². The Bertz CT molecular complexity index is 1040. The maximum absolute atomic E-state index is 13.5. The molecule has 0 aliphatic carbocycles. The number of halogens is 1. The lowest BCUT2D eigenvalue weighted by molar-refractivity contribution is 0.0691. The quantitative estimate of drug-likeness (QED) is 0.797. The third-order valence-electron chi connectivity index (χ3n) is 3.96. The molecule has 0 unspecified atom stereocenters. The molecule has 2 heterocycles. The minimum atomic E-state index is -4.03. The van der Waals surface area contributed by atoms with Gasteiger partial charge in [-0.1, -0.05) is 0 Å². The van der Waals surface area contributed by atoms with Gasteiger partial charge in [0, 0.05) is 18.9 Å².